The van der Waals surface area contributed by atoms with Crippen LogP contribution in [0, 0.1) is 0 Å². The van der Waals surface area contributed by atoms with Crippen LogP contribution in [-0.2, 0) is 9.59 Å². The third-order valence-electron chi connectivity index (χ3n) is 3.27. The third-order valence-corrected chi connectivity index (χ3v) is 3.27. The summed E-state index contributed by atoms with van der Waals surface area (Å²) in [6.45, 7) is 10.4. The van der Waals surface area contributed by atoms with Crippen molar-refractivity contribution in [2.45, 2.75) is 58.4 Å². The van der Waals surface area contributed by atoms with Crippen LogP contribution in [0.5, 0.6) is 0 Å². The van der Waals surface area contributed by atoms with Gasteiger partial charge >= 0.3 is 0 Å². The number of rotatable bonds is 4. The summed E-state index contributed by atoms with van der Waals surface area (Å²) in [6.07, 6.45) is 5.89. The fourth-order valence-electron chi connectivity index (χ4n) is 1.86. The maximum absolute atomic E-state index is 11.3. The van der Waals surface area contributed by atoms with Crippen molar-refractivity contribution in [2.24, 2.45) is 5.73 Å². The molecule has 0 atom stereocenters. The van der Waals surface area contributed by atoms with E-state index in [0.29, 0.717) is 17.6 Å². The fourth-order valence-corrected chi connectivity index (χ4v) is 1.86. The molecular formula is C15H26N2O3. The van der Waals surface area contributed by atoms with Gasteiger partial charge in [-0.25, -0.2) is 5.06 Å². The summed E-state index contributed by atoms with van der Waals surface area (Å²) in [4.78, 5) is 21.4. The predicted octanol–water partition coefficient (Wildman–Crippen LogP) is 2.55. The van der Waals surface area contributed by atoms with E-state index in [0.717, 1.165) is 30.7 Å². The van der Waals surface area contributed by atoms with Gasteiger partial charge in [-0.2, -0.15) is 0 Å². The summed E-state index contributed by atoms with van der Waals surface area (Å²) >= 11 is 0. The van der Waals surface area contributed by atoms with Crippen molar-refractivity contribution < 1.29 is 14.8 Å². The van der Waals surface area contributed by atoms with Gasteiger partial charge in [0.2, 0.25) is 5.91 Å². The number of nitrogens with zero attached hydrogens (tertiary/aromatic N) is 1. The lowest BCUT2D eigenvalue weighted by Gasteiger charge is -2.29. The van der Waals surface area contributed by atoms with E-state index >= 15 is 0 Å². The van der Waals surface area contributed by atoms with Gasteiger partial charge in [-0.3, -0.25) is 14.8 Å². The van der Waals surface area contributed by atoms with E-state index in [1.165, 1.54) is 6.42 Å². The van der Waals surface area contributed by atoms with Crippen LogP contribution in [0.25, 0.3) is 0 Å². The Bertz CT molecular complexity index is 371. The number of primary amides is 1. The van der Waals surface area contributed by atoms with Crippen LogP contribution in [0.15, 0.2) is 24.3 Å². The fraction of sp³-hybridized carbons (Fsp3) is 0.600. The molecule has 1 fully saturated rings. The van der Waals surface area contributed by atoms with Gasteiger partial charge in [-0.15, -0.1) is 0 Å². The van der Waals surface area contributed by atoms with Gasteiger partial charge in [-0.1, -0.05) is 39.3 Å². The highest BCUT2D eigenvalue weighted by molar-refractivity contribution is 5.91. The highest BCUT2D eigenvalue weighted by atomic mass is 16.5. The molecule has 0 spiro atoms. The first kappa shape index (κ1) is 18.4. The Morgan fingerprint density at radius 2 is 1.75 bits per heavy atom. The smallest absolute Gasteiger partial charge is 0.272 e. The summed E-state index contributed by atoms with van der Waals surface area (Å²) in [6, 6.07) is 0.0120. The molecule has 5 heteroatoms. The Labute approximate surface area is 121 Å². The topological polar surface area (TPSA) is 83.6 Å². The van der Waals surface area contributed by atoms with Crippen LogP contribution >= 0.6 is 0 Å². The Kier molecular flexibility index (Phi) is 8.56. The lowest BCUT2D eigenvalue weighted by Crippen LogP contribution is -2.39. The van der Waals surface area contributed by atoms with Gasteiger partial charge in [0.15, 0.2) is 0 Å². The van der Waals surface area contributed by atoms with Crippen molar-refractivity contribution in [3.63, 3.8) is 0 Å². The zero-order chi connectivity index (χ0) is 15.7. The molecule has 0 aromatic rings. The molecule has 0 aromatic carbocycles. The maximum atomic E-state index is 11.3. The van der Waals surface area contributed by atoms with Crippen LogP contribution in [0.2, 0.25) is 0 Å². The largest absolute Gasteiger partial charge is 0.366 e. The first-order chi connectivity index (χ1) is 9.31. The molecule has 1 aliphatic rings. The minimum atomic E-state index is -0.400. The average Bonchev–Trinajstić information content (AvgIpc) is 2.46. The third kappa shape index (κ3) is 6.52. The summed E-state index contributed by atoms with van der Waals surface area (Å²) < 4.78 is 0. The molecule has 0 saturated heterocycles. The summed E-state index contributed by atoms with van der Waals surface area (Å²) in [5, 5.41) is 10.4. The Hall–Kier alpha value is -1.62. The maximum Gasteiger partial charge on any atom is 0.272 e. The SMILES string of the molecule is C=C(C)C(=O)N(O)C1CCCCC1.C=C(CC)C(N)=O. The zero-order valence-electron chi connectivity index (χ0n) is 12.5. The van der Waals surface area contributed by atoms with Crippen molar-refractivity contribution >= 4 is 11.8 Å². The predicted molar refractivity (Wildman–Crippen MR) is 78.9 cm³/mol. The van der Waals surface area contributed by atoms with Crippen molar-refractivity contribution in [2.75, 3.05) is 0 Å². The summed E-state index contributed by atoms with van der Waals surface area (Å²) in [5.74, 6) is -0.741. The van der Waals surface area contributed by atoms with Gasteiger partial charge in [0.1, 0.15) is 0 Å². The van der Waals surface area contributed by atoms with Gasteiger partial charge in [-0.05, 0) is 26.2 Å². The van der Waals surface area contributed by atoms with Crippen LogP contribution < -0.4 is 5.73 Å². The van der Waals surface area contributed by atoms with Gasteiger partial charge in [0.05, 0.1) is 6.04 Å². The number of hydrogen-bond acceptors (Lipinski definition) is 3. The quantitative estimate of drug-likeness (QED) is 0.472. The molecule has 0 aliphatic heterocycles. The molecule has 1 aliphatic carbocycles. The van der Waals surface area contributed by atoms with Crippen LogP contribution in [0.4, 0.5) is 0 Å². The number of carbonyl (C=O) groups is 2. The molecule has 114 valence electrons. The molecule has 1 rings (SSSR count). The van der Waals surface area contributed by atoms with Gasteiger partial charge < -0.3 is 5.73 Å². The highest BCUT2D eigenvalue weighted by Gasteiger charge is 2.23. The minimum Gasteiger partial charge on any atom is -0.366 e. The second-order valence-electron chi connectivity index (χ2n) is 5.04. The van der Waals surface area contributed by atoms with Crippen LogP contribution in [0.3, 0.4) is 0 Å². The van der Waals surface area contributed by atoms with E-state index in [1.807, 2.05) is 6.92 Å². The molecule has 0 unspecified atom stereocenters. The molecule has 20 heavy (non-hydrogen) atoms. The normalized spacial score (nSPS) is 14.8. The second-order valence-corrected chi connectivity index (χ2v) is 5.04. The summed E-state index contributed by atoms with van der Waals surface area (Å²) in [5.41, 5.74) is 5.69. The molecule has 1 saturated carbocycles. The number of hydrogen-bond donors (Lipinski definition) is 2. The number of amides is 2. The van der Waals surface area contributed by atoms with Crippen molar-refractivity contribution in [1.82, 2.24) is 5.06 Å². The van der Waals surface area contributed by atoms with Gasteiger partial charge in [0.25, 0.3) is 5.91 Å². The molecule has 0 radical (unpaired) electrons. The average molecular weight is 282 g/mol. The lowest BCUT2D eigenvalue weighted by atomic mass is 9.95. The van der Waals surface area contributed by atoms with E-state index in [4.69, 9.17) is 5.73 Å². The highest BCUT2D eigenvalue weighted by Crippen LogP contribution is 2.22. The molecule has 0 bridgehead atoms. The van der Waals surface area contributed by atoms with Crippen molar-refractivity contribution in [3.8, 4) is 0 Å². The number of hydroxylamine groups is 2. The molecule has 0 aromatic heterocycles. The molecular weight excluding hydrogens is 256 g/mol. The lowest BCUT2D eigenvalue weighted by molar-refractivity contribution is -0.173. The first-order valence-electron chi connectivity index (χ1n) is 6.96. The van der Waals surface area contributed by atoms with Gasteiger partial charge in [0, 0.05) is 11.1 Å². The standard InChI is InChI=1S/C10H17NO2.C5H9NO/c1-8(2)10(12)11(13)9-6-4-3-5-7-9;1-3-4(2)5(6)7/h9,13H,1,3-7H2,2H3;2-3H2,1H3,(H2,6,7). The minimum absolute atomic E-state index is 0.0120. The zero-order valence-corrected chi connectivity index (χ0v) is 12.5. The van der Waals surface area contributed by atoms with Crippen molar-refractivity contribution in [3.05, 3.63) is 24.3 Å². The van der Waals surface area contributed by atoms with E-state index in [9.17, 15) is 14.8 Å². The number of carbonyl (C=O) groups excluding carboxylic acids is 2. The summed E-state index contributed by atoms with van der Waals surface area (Å²) in [7, 11) is 0. The van der Waals surface area contributed by atoms with E-state index in [2.05, 4.69) is 13.2 Å². The molecule has 5 nitrogen and oxygen atoms in total. The van der Waals surface area contributed by atoms with Crippen molar-refractivity contribution in [1.29, 1.82) is 0 Å². The van der Waals surface area contributed by atoms with E-state index in [1.54, 1.807) is 6.92 Å². The second kappa shape index (κ2) is 9.31. The Balaban J connectivity index is 0.000000441. The molecule has 3 N–H and O–H groups in total. The Morgan fingerprint density at radius 1 is 1.25 bits per heavy atom. The van der Waals surface area contributed by atoms with E-state index in [-0.39, 0.29) is 11.9 Å². The first-order valence-corrected chi connectivity index (χ1v) is 6.96. The molecule has 2 amide bonds. The van der Waals surface area contributed by atoms with Crippen LogP contribution in [0.1, 0.15) is 52.4 Å². The molecule has 0 heterocycles. The van der Waals surface area contributed by atoms with E-state index < -0.39 is 5.91 Å². The monoisotopic (exact) mass is 282 g/mol. The number of nitrogens with two attached hydrogens (primary N) is 1. The van der Waals surface area contributed by atoms with Crippen LogP contribution in [-0.4, -0.2) is 28.1 Å². The Morgan fingerprint density at radius 3 is 2.05 bits per heavy atom.